The number of carbonyl (C=O) groups is 5. The predicted molar refractivity (Wildman–Crippen MR) is 178 cm³/mol. The van der Waals surface area contributed by atoms with Crippen LogP contribution in [0.15, 0.2) is 67.1 Å². The van der Waals surface area contributed by atoms with E-state index in [2.05, 4.69) is 31.2 Å². The Labute approximate surface area is 283 Å². The Morgan fingerprint density at radius 2 is 1.31 bits per heavy atom. The lowest BCUT2D eigenvalue weighted by molar-refractivity contribution is -0.143. The van der Waals surface area contributed by atoms with Gasteiger partial charge in [-0.3, -0.25) is 19.2 Å². The van der Waals surface area contributed by atoms with Gasteiger partial charge in [0.05, 0.1) is 19.0 Å². The van der Waals surface area contributed by atoms with Crippen LogP contribution in [0.1, 0.15) is 36.1 Å². The van der Waals surface area contributed by atoms with Crippen molar-refractivity contribution in [2.75, 3.05) is 13.2 Å². The summed E-state index contributed by atoms with van der Waals surface area (Å²) in [7, 11) is 0. The van der Waals surface area contributed by atoms with Gasteiger partial charge in [0.15, 0.2) is 0 Å². The molecule has 0 spiro atoms. The van der Waals surface area contributed by atoms with Crippen LogP contribution >= 0.6 is 0 Å². The van der Waals surface area contributed by atoms with E-state index in [9.17, 15) is 39.3 Å². The van der Waals surface area contributed by atoms with Crippen LogP contribution in [0.3, 0.4) is 0 Å². The molecule has 2 aromatic carbocycles. The van der Waals surface area contributed by atoms with Gasteiger partial charge in [-0.2, -0.15) is 0 Å². The number of benzene rings is 2. The SMILES string of the molecule is NCCCCC(NC(=O)C(Cc1cnc[nH]1)NC(=O)C(N)Cc1ccccc1)C(=O)NC(Cc1ccc(O)cc1)C(=O)NC(CO)C(=O)O. The molecule has 5 atom stereocenters. The summed E-state index contributed by atoms with van der Waals surface area (Å²) in [5, 5.41) is 38.6. The summed E-state index contributed by atoms with van der Waals surface area (Å²) in [5.41, 5.74) is 13.7. The average molecular weight is 681 g/mol. The van der Waals surface area contributed by atoms with Gasteiger partial charge in [-0.05, 0) is 55.5 Å². The lowest BCUT2D eigenvalue weighted by Crippen LogP contribution is -2.59. The highest BCUT2D eigenvalue weighted by atomic mass is 16.4. The number of phenols is 1. The molecule has 16 heteroatoms. The van der Waals surface area contributed by atoms with Crippen LogP contribution in [-0.4, -0.2) is 98.2 Å². The second-order valence-electron chi connectivity index (χ2n) is 11.5. The van der Waals surface area contributed by atoms with Crippen LogP contribution in [0.4, 0.5) is 0 Å². The van der Waals surface area contributed by atoms with E-state index in [1.165, 1.54) is 36.8 Å². The predicted octanol–water partition coefficient (Wildman–Crippen LogP) is -1.38. The third kappa shape index (κ3) is 12.7. The zero-order valence-electron chi connectivity index (χ0n) is 26.9. The van der Waals surface area contributed by atoms with Crippen LogP contribution in [-0.2, 0) is 43.2 Å². The van der Waals surface area contributed by atoms with Crippen molar-refractivity contribution in [1.82, 2.24) is 31.2 Å². The van der Waals surface area contributed by atoms with Gasteiger partial charge in [0, 0.05) is 24.7 Å². The van der Waals surface area contributed by atoms with E-state index in [0.717, 1.165) is 5.56 Å². The number of aromatic nitrogens is 2. The van der Waals surface area contributed by atoms with Crippen molar-refractivity contribution in [2.45, 2.75) is 68.7 Å². The molecule has 0 aliphatic rings. The minimum absolute atomic E-state index is 0.00358. The fourth-order valence-electron chi connectivity index (χ4n) is 4.91. The summed E-state index contributed by atoms with van der Waals surface area (Å²) in [6.45, 7) is -0.569. The van der Waals surface area contributed by atoms with Gasteiger partial charge in [-0.15, -0.1) is 0 Å². The van der Waals surface area contributed by atoms with Crippen LogP contribution in [0.2, 0.25) is 0 Å². The van der Waals surface area contributed by atoms with Crippen molar-refractivity contribution in [3.8, 4) is 5.75 Å². The molecule has 49 heavy (non-hydrogen) atoms. The molecule has 3 rings (SSSR count). The third-order valence-electron chi connectivity index (χ3n) is 7.63. The molecule has 0 aliphatic carbocycles. The number of imidazole rings is 1. The molecule has 0 saturated heterocycles. The van der Waals surface area contributed by atoms with E-state index in [1.807, 2.05) is 30.3 Å². The Bertz CT molecular complexity index is 1500. The van der Waals surface area contributed by atoms with Crippen molar-refractivity contribution in [3.05, 3.63) is 83.9 Å². The van der Waals surface area contributed by atoms with E-state index in [-0.39, 0.29) is 31.4 Å². The summed E-state index contributed by atoms with van der Waals surface area (Å²) in [5.74, 6) is -4.45. The number of aromatic amines is 1. The molecule has 0 fully saturated rings. The molecule has 16 nitrogen and oxygen atoms in total. The lowest BCUT2D eigenvalue weighted by atomic mass is 10.0. The highest BCUT2D eigenvalue weighted by molar-refractivity contribution is 5.95. The zero-order valence-corrected chi connectivity index (χ0v) is 26.9. The fraction of sp³-hybridized carbons (Fsp3) is 0.394. The van der Waals surface area contributed by atoms with Crippen molar-refractivity contribution in [2.24, 2.45) is 11.5 Å². The molecular weight excluding hydrogens is 636 g/mol. The molecule has 4 amide bonds. The number of aromatic hydroxyl groups is 1. The highest BCUT2D eigenvalue weighted by Gasteiger charge is 2.32. The molecule has 3 aromatic rings. The lowest BCUT2D eigenvalue weighted by Gasteiger charge is -2.26. The molecule has 0 saturated carbocycles. The number of aliphatic carboxylic acids is 1. The first kappa shape index (κ1) is 38.1. The summed E-state index contributed by atoms with van der Waals surface area (Å²) in [6.07, 6.45) is 4.08. The van der Waals surface area contributed by atoms with Gasteiger partial charge in [0.2, 0.25) is 23.6 Å². The number of H-pyrrole nitrogens is 1. The molecule has 1 aromatic heterocycles. The second-order valence-corrected chi connectivity index (χ2v) is 11.5. The largest absolute Gasteiger partial charge is 0.508 e. The van der Waals surface area contributed by atoms with Crippen molar-refractivity contribution in [1.29, 1.82) is 0 Å². The molecule has 0 bridgehead atoms. The van der Waals surface area contributed by atoms with Crippen molar-refractivity contribution in [3.63, 3.8) is 0 Å². The average Bonchev–Trinajstić information content (AvgIpc) is 3.60. The molecular formula is C33H44N8O8. The first-order valence-corrected chi connectivity index (χ1v) is 15.8. The first-order chi connectivity index (χ1) is 23.5. The summed E-state index contributed by atoms with van der Waals surface area (Å²) < 4.78 is 0. The van der Waals surface area contributed by atoms with E-state index < -0.39 is 66.4 Å². The number of carboxylic acids is 1. The Balaban J connectivity index is 1.82. The van der Waals surface area contributed by atoms with Crippen molar-refractivity contribution >= 4 is 29.6 Å². The van der Waals surface area contributed by atoms with Crippen LogP contribution in [0, 0.1) is 0 Å². The van der Waals surface area contributed by atoms with Gasteiger partial charge in [-0.25, -0.2) is 9.78 Å². The Morgan fingerprint density at radius 1 is 0.735 bits per heavy atom. The normalized spacial score (nSPS) is 14.0. The summed E-state index contributed by atoms with van der Waals surface area (Å²) in [6, 6.07) is 8.63. The molecule has 0 aliphatic heterocycles. The van der Waals surface area contributed by atoms with Gasteiger partial charge in [0.25, 0.3) is 0 Å². The standard InChI is InChI=1S/C33H44N8O8/c34-13-5-4-8-25(30(45)40-26(15-21-9-11-23(43)12-10-21)31(46)41-28(18-42)33(48)49)38-32(47)27(16-22-17-36-19-37-22)39-29(44)24(35)14-20-6-2-1-3-7-20/h1-3,6-7,9-12,17,19,24-28,42-43H,4-5,8,13-16,18,34-35H2,(H,36,37)(H,38,47)(H,39,44)(H,40,45)(H,41,46)(H,48,49). The Morgan fingerprint density at radius 3 is 1.90 bits per heavy atom. The molecule has 5 unspecified atom stereocenters. The summed E-state index contributed by atoms with van der Waals surface area (Å²) in [4.78, 5) is 72.1. The second kappa shape index (κ2) is 19.5. The van der Waals surface area contributed by atoms with Gasteiger partial charge in [-0.1, -0.05) is 42.5 Å². The Kier molecular flexibility index (Phi) is 15.2. The van der Waals surface area contributed by atoms with E-state index in [0.29, 0.717) is 30.6 Å². The van der Waals surface area contributed by atoms with Crippen LogP contribution < -0.4 is 32.7 Å². The number of nitrogens with zero attached hydrogens (tertiary/aromatic N) is 1. The zero-order chi connectivity index (χ0) is 35.8. The number of carboxylic acid groups (broad SMARTS) is 1. The molecule has 0 radical (unpaired) electrons. The highest BCUT2D eigenvalue weighted by Crippen LogP contribution is 2.13. The number of hydrogen-bond acceptors (Lipinski definition) is 10. The van der Waals surface area contributed by atoms with E-state index in [1.54, 1.807) is 0 Å². The minimum Gasteiger partial charge on any atom is -0.508 e. The smallest absolute Gasteiger partial charge is 0.328 e. The van der Waals surface area contributed by atoms with E-state index in [4.69, 9.17) is 11.5 Å². The number of aliphatic hydroxyl groups excluding tert-OH is 1. The maximum absolute atomic E-state index is 13.7. The summed E-state index contributed by atoms with van der Waals surface area (Å²) >= 11 is 0. The number of nitrogens with two attached hydrogens (primary N) is 2. The van der Waals surface area contributed by atoms with E-state index >= 15 is 0 Å². The number of amides is 4. The van der Waals surface area contributed by atoms with Crippen LogP contribution in [0.5, 0.6) is 5.75 Å². The van der Waals surface area contributed by atoms with Gasteiger partial charge in [0.1, 0.15) is 29.9 Å². The number of rotatable bonds is 20. The number of hydrogen-bond donors (Lipinski definition) is 10. The fourth-order valence-corrected chi connectivity index (χ4v) is 4.91. The number of aliphatic hydroxyl groups is 1. The van der Waals surface area contributed by atoms with Gasteiger partial charge >= 0.3 is 5.97 Å². The van der Waals surface area contributed by atoms with Crippen LogP contribution in [0.25, 0.3) is 0 Å². The molecule has 1 heterocycles. The number of phenolic OH excluding ortho intramolecular Hbond substituents is 1. The number of unbranched alkanes of at least 4 members (excludes halogenated alkanes) is 1. The Hall–Kier alpha value is -5.32. The molecule has 12 N–H and O–H groups in total. The third-order valence-corrected chi connectivity index (χ3v) is 7.63. The molecule has 264 valence electrons. The quantitative estimate of drug-likeness (QED) is 0.0621. The topological polar surface area (TPSA) is 275 Å². The monoisotopic (exact) mass is 680 g/mol. The van der Waals surface area contributed by atoms with Crippen molar-refractivity contribution < 1.29 is 39.3 Å². The minimum atomic E-state index is -1.63. The number of carbonyl (C=O) groups excluding carboxylic acids is 4. The number of nitrogens with one attached hydrogen (secondary N) is 5. The maximum atomic E-state index is 13.7. The van der Waals surface area contributed by atoms with Gasteiger partial charge < -0.3 is 53.0 Å². The first-order valence-electron chi connectivity index (χ1n) is 15.8. The maximum Gasteiger partial charge on any atom is 0.328 e.